The zero-order chi connectivity index (χ0) is 15.2. The lowest BCUT2D eigenvalue weighted by atomic mass is 9.98. The van der Waals surface area contributed by atoms with E-state index in [0.29, 0.717) is 30.2 Å². The van der Waals surface area contributed by atoms with E-state index < -0.39 is 10.0 Å². The lowest BCUT2D eigenvalue weighted by Gasteiger charge is -2.37. The minimum absolute atomic E-state index is 0.0274. The van der Waals surface area contributed by atoms with E-state index in [1.165, 1.54) is 0 Å². The third-order valence-electron chi connectivity index (χ3n) is 4.82. The molecule has 0 unspecified atom stereocenters. The van der Waals surface area contributed by atoms with Gasteiger partial charge in [0.2, 0.25) is 10.0 Å². The van der Waals surface area contributed by atoms with E-state index >= 15 is 0 Å². The summed E-state index contributed by atoms with van der Waals surface area (Å²) in [6.07, 6.45) is 2.91. The molecule has 0 bridgehead atoms. The summed E-state index contributed by atoms with van der Waals surface area (Å²) in [4.78, 5) is 0.382. The molecule has 0 radical (unpaired) electrons. The van der Waals surface area contributed by atoms with Crippen LogP contribution in [-0.4, -0.2) is 36.5 Å². The topological polar surface area (TPSA) is 57.6 Å². The van der Waals surface area contributed by atoms with Crippen molar-refractivity contribution in [3.05, 3.63) is 29.3 Å². The summed E-state index contributed by atoms with van der Waals surface area (Å²) in [6.45, 7) is 4.35. The molecule has 1 N–H and O–H groups in total. The number of hydrogen-bond acceptors (Lipinski definition) is 3. The van der Waals surface area contributed by atoms with Gasteiger partial charge in [0.25, 0.3) is 0 Å². The van der Waals surface area contributed by atoms with Crippen molar-refractivity contribution >= 4 is 10.0 Å². The molecule has 1 aromatic carbocycles. The minimum Gasteiger partial charge on any atom is -0.393 e. The predicted octanol–water partition coefficient (Wildman–Crippen LogP) is 2.23. The molecular formula is C16H23NO3S. The van der Waals surface area contributed by atoms with Gasteiger partial charge in [0.15, 0.2) is 0 Å². The number of aliphatic hydroxyl groups is 1. The van der Waals surface area contributed by atoms with Crippen molar-refractivity contribution in [1.29, 1.82) is 0 Å². The largest absolute Gasteiger partial charge is 0.393 e. The van der Waals surface area contributed by atoms with Crippen LogP contribution >= 0.6 is 0 Å². The highest BCUT2D eigenvalue weighted by molar-refractivity contribution is 7.89. The molecule has 1 aliphatic carbocycles. The molecule has 2 aliphatic rings. The maximum absolute atomic E-state index is 12.9. The van der Waals surface area contributed by atoms with E-state index in [-0.39, 0.29) is 12.1 Å². The number of hydrogen-bond donors (Lipinski definition) is 1. The van der Waals surface area contributed by atoms with Crippen molar-refractivity contribution in [2.45, 2.75) is 56.6 Å². The zero-order valence-electron chi connectivity index (χ0n) is 12.6. The van der Waals surface area contributed by atoms with Crippen LogP contribution in [0.1, 0.15) is 36.8 Å². The molecule has 116 valence electrons. The fourth-order valence-electron chi connectivity index (χ4n) is 3.17. The van der Waals surface area contributed by atoms with Crippen LogP contribution in [0.4, 0.5) is 0 Å². The van der Waals surface area contributed by atoms with Gasteiger partial charge in [-0.1, -0.05) is 6.07 Å². The van der Waals surface area contributed by atoms with Gasteiger partial charge in [0, 0.05) is 12.6 Å². The Balaban J connectivity index is 1.93. The quantitative estimate of drug-likeness (QED) is 0.931. The zero-order valence-corrected chi connectivity index (χ0v) is 13.4. The maximum Gasteiger partial charge on any atom is 0.243 e. The van der Waals surface area contributed by atoms with E-state index in [9.17, 15) is 13.5 Å². The average Bonchev–Trinajstić information content (AvgIpc) is 3.25. The highest BCUT2D eigenvalue weighted by Crippen LogP contribution is 2.41. The average molecular weight is 309 g/mol. The van der Waals surface area contributed by atoms with Crippen LogP contribution in [0.5, 0.6) is 0 Å². The van der Waals surface area contributed by atoms with Crippen molar-refractivity contribution in [1.82, 2.24) is 4.31 Å². The van der Waals surface area contributed by atoms with Crippen LogP contribution in [0.25, 0.3) is 0 Å². The van der Waals surface area contributed by atoms with Gasteiger partial charge in [-0.3, -0.25) is 0 Å². The SMILES string of the molecule is Cc1ccc(S(=O)(=O)N2CC[C@H](O)C[C@@H]2C2CC2)cc1C. The number of piperidine rings is 1. The van der Waals surface area contributed by atoms with E-state index in [4.69, 9.17) is 0 Å². The monoisotopic (exact) mass is 309 g/mol. The number of benzene rings is 1. The first kappa shape index (κ1) is 15.0. The Kier molecular flexibility index (Phi) is 3.84. The van der Waals surface area contributed by atoms with Crippen LogP contribution in [-0.2, 0) is 10.0 Å². The maximum atomic E-state index is 12.9. The molecule has 2 fully saturated rings. The number of aliphatic hydroxyl groups excluding tert-OH is 1. The molecule has 0 amide bonds. The molecule has 5 heteroatoms. The number of rotatable bonds is 3. The van der Waals surface area contributed by atoms with E-state index in [0.717, 1.165) is 24.0 Å². The van der Waals surface area contributed by atoms with Crippen molar-refractivity contribution in [2.24, 2.45) is 5.92 Å². The summed E-state index contributed by atoms with van der Waals surface area (Å²) in [6, 6.07) is 5.31. The van der Waals surface area contributed by atoms with Gasteiger partial charge in [-0.15, -0.1) is 0 Å². The minimum atomic E-state index is -3.46. The number of sulfonamides is 1. The molecule has 1 saturated carbocycles. The van der Waals surface area contributed by atoms with Gasteiger partial charge in [0.05, 0.1) is 11.0 Å². The molecule has 1 aromatic rings. The Labute approximate surface area is 126 Å². The van der Waals surface area contributed by atoms with Crippen molar-refractivity contribution in [3.8, 4) is 0 Å². The summed E-state index contributed by atoms with van der Waals surface area (Å²) in [5.41, 5.74) is 2.10. The summed E-state index contributed by atoms with van der Waals surface area (Å²) >= 11 is 0. The Morgan fingerprint density at radius 2 is 1.86 bits per heavy atom. The Bertz CT molecular complexity index is 637. The summed E-state index contributed by atoms with van der Waals surface area (Å²) in [7, 11) is -3.46. The molecule has 4 nitrogen and oxygen atoms in total. The molecule has 1 saturated heterocycles. The first-order valence-corrected chi connectivity index (χ1v) is 9.11. The highest BCUT2D eigenvalue weighted by atomic mass is 32.2. The summed E-state index contributed by atoms with van der Waals surface area (Å²) in [5.74, 6) is 0.432. The second kappa shape index (κ2) is 5.38. The van der Waals surface area contributed by atoms with Gasteiger partial charge in [0.1, 0.15) is 0 Å². The van der Waals surface area contributed by atoms with E-state index in [1.54, 1.807) is 16.4 Å². The highest BCUT2D eigenvalue weighted by Gasteiger charge is 2.44. The molecule has 2 atom stereocenters. The molecular weight excluding hydrogens is 286 g/mol. The molecule has 0 aromatic heterocycles. The lowest BCUT2D eigenvalue weighted by Crippen LogP contribution is -2.48. The smallest absolute Gasteiger partial charge is 0.243 e. The standard InChI is InChI=1S/C16H23NO3S/c1-11-3-6-15(9-12(11)2)21(19,20)17-8-7-14(18)10-16(17)13-4-5-13/h3,6,9,13-14,16,18H,4-5,7-8,10H2,1-2H3/t14-,16+/m0/s1. The third-order valence-corrected chi connectivity index (χ3v) is 6.74. The van der Waals surface area contributed by atoms with Crippen LogP contribution in [0.2, 0.25) is 0 Å². The normalized spacial score (nSPS) is 27.8. The molecule has 0 spiro atoms. The third kappa shape index (κ3) is 2.87. The fraction of sp³-hybridized carbons (Fsp3) is 0.625. The number of nitrogens with zero attached hydrogens (tertiary/aromatic N) is 1. The summed E-state index contributed by atoms with van der Waals surface area (Å²) < 4.78 is 27.5. The second-order valence-corrected chi connectivity index (χ2v) is 8.34. The van der Waals surface area contributed by atoms with E-state index in [1.807, 2.05) is 19.9 Å². The van der Waals surface area contributed by atoms with Gasteiger partial charge in [-0.2, -0.15) is 4.31 Å². The van der Waals surface area contributed by atoms with Crippen LogP contribution in [0, 0.1) is 19.8 Å². The Hall–Kier alpha value is -0.910. The Morgan fingerprint density at radius 3 is 2.48 bits per heavy atom. The fourth-order valence-corrected chi connectivity index (χ4v) is 4.97. The lowest BCUT2D eigenvalue weighted by molar-refractivity contribution is 0.0736. The number of aryl methyl sites for hydroxylation is 2. The van der Waals surface area contributed by atoms with Crippen molar-refractivity contribution in [3.63, 3.8) is 0 Å². The van der Waals surface area contributed by atoms with Crippen LogP contribution in [0.15, 0.2) is 23.1 Å². The van der Waals surface area contributed by atoms with Crippen LogP contribution in [0.3, 0.4) is 0 Å². The van der Waals surface area contributed by atoms with Gasteiger partial charge in [-0.25, -0.2) is 8.42 Å². The molecule has 3 rings (SSSR count). The first-order valence-electron chi connectivity index (χ1n) is 7.67. The molecule has 21 heavy (non-hydrogen) atoms. The van der Waals surface area contributed by atoms with Crippen molar-refractivity contribution in [2.75, 3.05) is 6.54 Å². The Morgan fingerprint density at radius 1 is 1.14 bits per heavy atom. The van der Waals surface area contributed by atoms with Crippen molar-refractivity contribution < 1.29 is 13.5 Å². The molecule has 1 heterocycles. The predicted molar refractivity (Wildman–Crippen MR) is 81.6 cm³/mol. The first-order chi connectivity index (χ1) is 9.89. The van der Waals surface area contributed by atoms with Gasteiger partial charge < -0.3 is 5.11 Å². The van der Waals surface area contributed by atoms with E-state index in [2.05, 4.69) is 0 Å². The summed E-state index contributed by atoms with van der Waals surface area (Å²) in [5, 5.41) is 9.87. The second-order valence-electron chi connectivity index (χ2n) is 6.44. The van der Waals surface area contributed by atoms with Gasteiger partial charge >= 0.3 is 0 Å². The molecule has 1 aliphatic heterocycles. The van der Waals surface area contributed by atoms with Crippen LogP contribution < -0.4 is 0 Å². The van der Waals surface area contributed by atoms with Gasteiger partial charge in [-0.05, 0) is 68.7 Å².